The molecule has 0 bridgehead atoms. The Morgan fingerprint density at radius 1 is 0.931 bits per heavy atom. The van der Waals surface area contributed by atoms with Gasteiger partial charge in [-0.05, 0) is 59.3 Å². The molecule has 0 spiro atoms. The van der Waals surface area contributed by atoms with Crippen LogP contribution in [0.25, 0.3) is 21.7 Å². The average Bonchev–Trinajstić information content (AvgIpc) is 3.28. The third-order valence-corrected chi connectivity index (χ3v) is 6.89. The van der Waals surface area contributed by atoms with Gasteiger partial charge in [0.2, 0.25) is 10.0 Å². The molecule has 4 aromatic rings. The molecule has 0 aliphatic heterocycles. The Kier molecular flexibility index (Phi) is 5.58. The van der Waals surface area contributed by atoms with Crippen LogP contribution in [0.5, 0.6) is 0 Å². The summed E-state index contributed by atoms with van der Waals surface area (Å²) in [4.78, 5) is 5.67. The minimum atomic E-state index is -3.60. The molecule has 2 aromatic carbocycles. The van der Waals surface area contributed by atoms with Gasteiger partial charge in [0.25, 0.3) is 0 Å². The van der Waals surface area contributed by atoms with Crippen molar-refractivity contribution < 1.29 is 8.42 Å². The highest BCUT2D eigenvalue weighted by Crippen LogP contribution is 2.24. The number of nitrogens with zero attached hydrogens (tertiary/aromatic N) is 1. The molecule has 2 heterocycles. The normalized spacial score (nSPS) is 11.5. The van der Waals surface area contributed by atoms with Crippen molar-refractivity contribution in [2.24, 2.45) is 0 Å². The number of benzene rings is 2. The molecule has 0 saturated carbocycles. The van der Waals surface area contributed by atoms with Gasteiger partial charge in [-0.25, -0.2) is 13.1 Å². The molecule has 29 heavy (non-hydrogen) atoms. The van der Waals surface area contributed by atoms with Gasteiger partial charge < -0.3 is 0 Å². The second-order valence-electron chi connectivity index (χ2n) is 6.75. The molecule has 0 unspecified atom stereocenters. The van der Waals surface area contributed by atoms with Crippen LogP contribution in [-0.4, -0.2) is 13.4 Å². The number of pyridine rings is 1. The third-order valence-electron chi connectivity index (χ3n) is 4.58. The van der Waals surface area contributed by atoms with E-state index in [1.54, 1.807) is 29.7 Å². The quantitative estimate of drug-likeness (QED) is 0.463. The van der Waals surface area contributed by atoms with Crippen molar-refractivity contribution >= 4 is 21.4 Å². The Hall–Kier alpha value is -2.80. The predicted molar refractivity (Wildman–Crippen MR) is 118 cm³/mol. The van der Waals surface area contributed by atoms with Crippen LogP contribution in [0.4, 0.5) is 0 Å². The van der Waals surface area contributed by atoms with Crippen LogP contribution in [0, 0.1) is 6.92 Å². The molecular formula is C23H20N2O2S2. The number of rotatable bonds is 6. The van der Waals surface area contributed by atoms with Gasteiger partial charge in [0.05, 0.1) is 15.5 Å². The maximum Gasteiger partial charge on any atom is 0.240 e. The number of sulfonamides is 1. The fraction of sp³-hybridized carbons (Fsp3) is 0.0870. The zero-order chi connectivity index (χ0) is 20.3. The second-order valence-corrected chi connectivity index (χ2v) is 9.46. The Morgan fingerprint density at radius 3 is 2.48 bits per heavy atom. The van der Waals surface area contributed by atoms with E-state index in [0.717, 1.165) is 27.3 Å². The molecule has 4 nitrogen and oxygen atoms in total. The van der Waals surface area contributed by atoms with Gasteiger partial charge in [-0.2, -0.15) is 0 Å². The fourth-order valence-corrected chi connectivity index (χ4v) is 4.77. The molecule has 1 N–H and O–H groups in total. The molecular weight excluding hydrogens is 400 g/mol. The molecule has 0 aliphatic carbocycles. The van der Waals surface area contributed by atoms with Gasteiger partial charge >= 0.3 is 0 Å². The van der Waals surface area contributed by atoms with E-state index in [4.69, 9.17) is 0 Å². The summed E-state index contributed by atoms with van der Waals surface area (Å²) in [5, 5.41) is 1.99. The van der Waals surface area contributed by atoms with E-state index in [1.807, 2.05) is 66.9 Å². The first-order chi connectivity index (χ1) is 14.0. The van der Waals surface area contributed by atoms with Crippen molar-refractivity contribution in [3.05, 3.63) is 95.5 Å². The molecule has 6 heteroatoms. The van der Waals surface area contributed by atoms with Crippen molar-refractivity contribution in [2.45, 2.75) is 18.4 Å². The van der Waals surface area contributed by atoms with Gasteiger partial charge in [-0.1, -0.05) is 48.0 Å². The number of hydrogen-bond acceptors (Lipinski definition) is 4. The van der Waals surface area contributed by atoms with E-state index in [0.29, 0.717) is 0 Å². The fourth-order valence-electron chi connectivity index (χ4n) is 3.06. The number of aryl methyl sites for hydroxylation is 1. The lowest BCUT2D eigenvalue weighted by molar-refractivity contribution is 0.581. The summed E-state index contributed by atoms with van der Waals surface area (Å²) in [6, 6.07) is 22.8. The summed E-state index contributed by atoms with van der Waals surface area (Å²) in [5.74, 6) is 0. The van der Waals surface area contributed by atoms with Crippen LogP contribution in [0.1, 0.15) is 11.1 Å². The lowest BCUT2D eigenvalue weighted by Gasteiger charge is -2.09. The van der Waals surface area contributed by atoms with E-state index in [9.17, 15) is 8.42 Å². The van der Waals surface area contributed by atoms with Gasteiger partial charge in [-0.15, -0.1) is 11.3 Å². The topological polar surface area (TPSA) is 59.1 Å². The highest BCUT2D eigenvalue weighted by molar-refractivity contribution is 7.89. The van der Waals surface area contributed by atoms with Crippen LogP contribution >= 0.6 is 11.3 Å². The molecule has 0 atom stereocenters. The Bertz CT molecular complexity index is 1220. The molecule has 2 aromatic heterocycles. The van der Waals surface area contributed by atoms with Crippen LogP contribution in [0.15, 0.2) is 89.3 Å². The van der Waals surface area contributed by atoms with Crippen molar-refractivity contribution in [3.63, 3.8) is 0 Å². The maximum absolute atomic E-state index is 12.7. The monoisotopic (exact) mass is 420 g/mol. The van der Waals surface area contributed by atoms with Crippen LogP contribution in [-0.2, 0) is 16.6 Å². The molecule has 0 aliphatic rings. The number of thiophene rings is 1. The molecule has 4 rings (SSSR count). The molecule has 146 valence electrons. The van der Waals surface area contributed by atoms with Crippen molar-refractivity contribution in [3.8, 4) is 21.7 Å². The summed E-state index contributed by atoms with van der Waals surface area (Å²) in [6.45, 7) is 2.25. The predicted octanol–water partition coefficient (Wildman–Crippen LogP) is 5.26. The standard InChI is InChI=1S/C23H20N2O2S2/c1-17-4-2-5-20(14-17)19-7-9-21(10-8-19)29(26,27)25-16-18-11-12-24-22(15-18)23-6-3-13-28-23/h2-15,25H,16H2,1H3. The van der Waals surface area contributed by atoms with E-state index in [-0.39, 0.29) is 11.4 Å². The van der Waals surface area contributed by atoms with Crippen LogP contribution in [0.3, 0.4) is 0 Å². The Balaban J connectivity index is 1.48. The van der Waals surface area contributed by atoms with Gasteiger partial charge in [-0.3, -0.25) is 4.98 Å². The second kappa shape index (κ2) is 8.29. The Morgan fingerprint density at radius 2 is 1.76 bits per heavy atom. The minimum Gasteiger partial charge on any atom is -0.255 e. The SMILES string of the molecule is Cc1cccc(-c2ccc(S(=O)(=O)NCc3ccnc(-c4cccs4)c3)cc2)c1. The van der Waals surface area contributed by atoms with Crippen LogP contribution in [0.2, 0.25) is 0 Å². The lowest BCUT2D eigenvalue weighted by Crippen LogP contribution is -2.23. The summed E-state index contributed by atoms with van der Waals surface area (Å²) >= 11 is 1.60. The number of aromatic nitrogens is 1. The van der Waals surface area contributed by atoms with Crippen molar-refractivity contribution in [1.82, 2.24) is 9.71 Å². The summed E-state index contributed by atoms with van der Waals surface area (Å²) in [7, 11) is -3.60. The van der Waals surface area contributed by atoms with Crippen molar-refractivity contribution in [2.75, 3.05) is 0 Å². The minimum absolute atomic E-state index is 0.211. The summed E-state index contributed by atoms with van der Waals surface area (Å²) in [5.41, 5.74) is 4.94. The highest BCUT2D eigenvalue weighted by atomic mass is 32.2. The highest BCUT2D eigenvalue weighted by Gasteiger charge is 2.14. The number of nitrogens with one attached hydrogen (secondary N) is 1. The summed E-state index contributed by atoms with van der Waals surface area (Å²) < 4.78 is 28.1. The van der Waals surface area contributed by atoms with Gasteiger partial charge in [0.15, 0.2) is 0 Å². The van der Waals surface area contributed by atoms with E-state index in [1.165, 1.54) is 5.56 Å². The van der Waals surface area contributed by atoms with E-state index >= 15 is 0 Å². The zero-order valence-electron chi connectivity index (χ0n) is 15.9. The van der Waals surface area contributed by atoms with Crippen molar-refractivity contribution in [1.29, 1.82) is 0 Å². The molecule has 0 radical (unpaired) electrons. The zero-order valence-corrected chi connectivity index (χ0v) is 17.5. The van der Waals surface area contributed by atoms with E-state index in [2.05, 4.69) is 15.8 Å². The maximum atomic E-state index is 12.7. The molecule has 0 saturated heterocycles. The largest absolute Gasteiger partial charge is 0.255 e. The van der Waals surface area contributed by atoms with Gasteiger partial charge in [0, 0.05) is 12.7 Å². The van der Waals surface area contributed by atoms with Crippen LogP contribution < -0.4 is 4.72 Å². The first kappa shape index (κ1) is 19.5. The first-order valence-electron chi connectivity index (χ1n) is 9.17. The smallest absolute Gasteiger partial charge is 0.240 e. The molecule has 0 amide bonds. The third kappa shape index (κ3) is 4.62. The van der Waals surface area contributed by atoms with E-state index < -0.39 is 10.0 Å². The van der Waals surface area contributed by atoms with Gasteiger partial charge in [0.1, 0.15) is 0 Å². The first-order valence-corrected chi connectivity index (χ1v) is 11.5. The average molecular weight is 421 g/mol. The Labute approximate surface area is 175 Å². The summed E-state index contributed by atoms with van der Waals surface area (Å²) in [6.07, 6.45) is 1.70. The number of hydrogen-bond donors (Lipinski definition) is 1. The molecule has 0 fully saturated rings. The lowest BCUT2D eigenvalue weighted by atomic mass is 10.0.